The minimum atomic E-state index is -0.687. The fourth-order valence-corrected chi connectivity index (χ4v) is 3.01. The van der Waals surface area contributed by atoms with E-state index in [1.165, 1.54) is 12.1 Å². The van der Waals surface area contributed by atoms with Gasteiger partial charge in [-0.15, -0.1) is 0 Å². The average Bonchev–Trinajstić information content (AvgIpc) is 2.60. The van der Waals surface area contributed by atoms with E-state index in [1.807, 2.05) is 19.0 Å². The summed E-state index contributed by atoms with van der Waals surface area (Å²) in [6.07, 6.45) is 0.760. The van der Waals surface area contributed by atoms with Crippen molar-refractivity contribution >= 4 is 21.7 Å². The molecule has 21 heavy (non-hydrogen) atoms. The zero-order valence-electron chi connectivity index (χ0n) is 12.2. The number of rotatable bonds is 3. The molecule has 0 N–H and O–H groups in total. The van der Waals surface area contributed by atoms with Crippen LogP contribution in [0.3, 0.4) is 0 Å². The Bertz CT molecular complexity index is 539. The number of ketones is 1. The van der Waals surface area contributed by atoms with Crippen molar-refractivity contribution in [2.75, 3.05) is 33.7 Å². The van der Waals surface area contributed by atoms with E-state index in [9.17, 15) is 13.6 Å². The van der Waals surface area contributed by atoms with Crippen LogP contribution in [-0.4, -0.2) is 55.4 Å². The molecule has 1 atom stereocenters. The molecule has 0 spiro atoms. The zero-order valence-corrected chi connectivity index (χ0v) is 13.8. The number of carbonyl (C=O) groups is 1. The molecule has 2 rings (SSSR count). The van der Waals surface area contributed by atoms with Gasteiger partial charge in [-0.1, -0.05) is 0 Å². The molecule has 0 aliphatic carbocycles. The van der Waals surface area contributed by atoms with Gasteiger partial charge < -0.3 is 4.90 Å². The minimum absolute atomic E-state index is 0.151. The smallest absolute Gasteiger partial charge is 0.155 e. The summed E-state index contributed by atoms with van der Waals surface area (Å²) in [4.78, 5) is 16.5. The molecule has 1 unspecified atom stereocenters. The van der Waals surface area contributed by atoms with Gasteiger partial charge in [0.25, 0.3) is 0 Å². The van der Waals surface area contributed by atoms with Crippen LogP contribution in [0.4, 0.5) is 8.78 Å². The van der Waals surface area contributed by atoms with Crippen LogP contribution in [0.1, 0.15) is 12.0 Å². The number of nitrogens with zero attached hydrogens (tertiary/aromatic N) is 2. The first-order chi connectivity index (χ1) is 9.90. The third-order valence-electron chi connectivity index (χ3n) is 3.93. The molecular formula is C15H19BrF2N2O. The van der Waals surface area contributed by atoms with Crippen LogP contribution in [0.5, 0.6) is 0 Å². The predicted octanol–water partition coefficient (Wildman–Crippen LogP) is 2.47. The molecule has 0 aromatic heterocycles. The lowest BCUT2D eigenvalue weighted by molar-refractivity contribution is -0.123. The highest BCUT2D eigenvalue weighted by Crippen LogP contribution is 2.23. The quantitative estimate of drug-likeness (QED) is 0.773. The van der Waals surface area contributed by atoms with Crippen LogP contribution in [0.2, 0.25) is 0 Å². The summed E-state index contributed by atoms with van der Waals surface area (Å²) in [5, 5.41) is 0. The van der Waals surface area contributed by atoms with Gasteiger partial charge in [-0.2, -0.15) is 0 Å². The second-order valence-corrected chi connectivity index (χ2v) is 6.43. The topological polar surface area (TPSA) is 23.6 Å². The van der Waals surface area contributed by atoms with E-state index >= 15 is 0 Å². The fourth-order valence-electron chi connectivity index (χ4n) is 2.64. The van der Waals surface area contributed by atoms with Crippen molar-refractivity contribution in [3.05, 3.63) is 33.8 Å². The van der Waals surface area contributed by atoms with Crippen molar-refractivity contribution in [2.45, 2.75) is 18.9 Å². The van der Waals surface area contributed by atoms with Crippen LogP contribution in [-0.2, 0) is 11.2 Å². The summed E-state index contributed by atoms with van der Waals surface area (Å²) in [5.74, 6) is -1.51. The first-order valence-electron chi connectivity index (χ1n) is 6.94. The third-order valence-corrected chi connectivity index (χ3v) is 4.54. The Hall–Kier alpha value is -0.850. The molecule has 1 fully saturated rings. The van der Waals surface area contributed by atoms with E-state index in [2.05, 4.69) is 20.8 Å². The molecular weight excluding hydrogens is 342 g/mol. The largest absolute Gasteiger partial charge is 0.304 e. The Balaban J connectivity index is 2.19. The summed E-state index contributed by atoms with van der Waals surface area (Å²) >= 11 is 3.03. The van der Waals surface area contributed by atoms with E-state index in [0.29, 0.717) is 6.54 Å². The average molecular weight is 361 g/mol. The van der Waals surface area contributed by atoms with E-state index in [0.717, 1.165) is 19.5 Å². The molecule has 3 nitrogen and oxygen atoms in total. The highest BCUT2D eigenvalue weighted by atomic mass is 79.9. The predicted molar refractivity (Wildman–Crippen MR) is 81.3 cm³/mol. The lowest BCUT2D eigenvalue weighted by Crippen LogP contribution is -2.44. The Kier molecular flexibility index (Phi) is 5.46. The van der Waals surface area contributed by atoms with Crippen LogP contribution in [0.15, 0.2) is 16.6 Å². The van der Waals surface area contributed by atoms with Gasteiger partial charge in [0.05, 0.1) is 10.5 Å². The Labute approximate surface area is 132 Å². The molecule has 1 aromatic rings. The molecule has 1 aliphatic rings. The fraction of sp³-hybridized carbons (Fsp3) is 0.533. The highest BCUT2D eigenvalue weighted by molar-refractivity contribution is 9.10. The summed E-state index contributed by atoms with van der Waals surface area (Å²) < 4.78 is 27.9. The molecule has 0 radical (unpaired) electrons. The first kappa shape index (κ1) is 16.5. The number of likely N-dealkylation sites (N-methyl/N-ethyl adjacent to an activating group) is 2. The number of carbonyl (C=O) groups excluding carboxylic acids is 1. The van der Waals surface area contributed by atoms with E-state index in [1.54, 1.807) is 0 Å². The van der Waals surface area contributed by atoms with Crippen LogP contribution in [0, 0.1) is 11.6 Å². The highest BCUT2D eigenvalue weighted by Gasteiger charge is 2.28. The van der Waals surface area contributed by atoms with Crippen LogP contribution < -0.4 is 0 Å². The van der Waals surface area contributed by atoms with Crippen molar-refractivity contribution in [2.24, 2.45) is 0 Å². The molecule has 1 aliphatic heterocycles. The molecule has 1 aromatic carbocycles. The molecule has 6 heteroatoms. The molecule has 0 bridgehead atoms. The minimum Gasteiger partial charge on any atom is -0.304 e. The standard InChI is InChI=1S/C15H19BrF2N2O/c1-19-6-3-7-20(2)13(9-19)14(21)8-10-12(17)5-4-11(16)15(10)18/h4-5,13H,3,6-9H2,1-2H3. The van der Waals surface area contributed by atoms with Gasteiger partial charge in [0.15, 0.2) is 5.78 Å². The number of benzene rings is 1. The van der Waals surface area contributed by atoms with Gasteiger partial charge in [0.1, 0.15) is 11.6 Å². The van der Waals surface area contributed by atoms with Crippen molar-refractivity contribution in [1.82, 2.24) is 9.80 Å². The Morgan fingerprint density at radius 3 is 2.76 bits per heavy atom. The van der Waals surface area contributed by atoms with E-state index in [-0.39, 0.29) is 28.3 Å². The Morgan fingerprint density at radius 1 is 1.33 bits per heavy atom. The number of hydrogen-bond acceptors (Lipinski definition) is 3. The summed E-state index contributed by atoms with van der Waals surface area (Å²) in [5.41, 5.74) is -0.158. The van der Waals surface area contributed by atoms with Gasteiger partial charge in [0, 0.05) is 18.5 Å². The zero-order chi connectivity index (χ0) is 15.6. The molecule has 1 saturated heterocycles. The van der Waals surface area contributed by atoms with Crippen molar-refractivity contribution in [1.29, 1.82) is 0 Å². The summed E-state index contributed by atoms with van der Waals surface area (Å²) in [6.45, 7) is 2.32. The number of Topliss-reactive ketones (excluding diaryl/α,β-unsaturated/α-hetero) is 1. The normalized spacial score (nSPS) is 21.3. The van der Waals surface area contributed by atoms with Gasteiger partial charge in [-0.3, -0.25) is 9.69 Å². The first-order valence-corrected chi connectivity index (χ1v) is 7.73. The molecule has 0 amide bonds. The van der Waals surface area contributed by atoms with Crippen molar-refractivity contribution in [3.63, 3.8) is 0 Å². The lowest BCUT2D eigenvalue weighted by Gasteiger charge is -2.26. The second-order valence-electron chi connectivity index (χ2n) is 5.58. The van der Waals surface area contributed by atoms with Gasteiger partial charge in [0.2, 0.25) is 0 Å². The monoisotopic (exact) mass is 360 g/mol. The third kappa shape index (κ3) is 3.87. The maximum atomic E-state index is 14.0. The maximum Gasteiger partial charge on any atom is 0.155 e. The molecule has 116 valence electrons. The number of halogens is 3. The van der Waals surface area contributed by atoms with Crippen molar-refractivity contribution in [3.8, 4) is 0 Å². The van der Waals surface area contributed by atoms with Gasteiger partial charge in [-0.25, -0.2) is 8.78 Å². The molecule has 0 saturated carbocycles. The van der Waals surface area contributed by atoms with Gasteiger partial charge >= 0.3 is 0 Å². The summed E-state index contributed by atoms with van der Waals surface area (Å²) in [7, 11) is 3.84. The maximum absolute atomic E-state index is 14.0. The SMILES string of the molecule is CN1CCCN(C)C(C(=O)Cc2c(F)ccc(Br)c2F)C1. The van der Waals surface area contributed by atoms with E-state index in [4.69, 9.17) is 0 Å². The van der Waals surface area contributed by atoms with Crippen LogP contribution in [0.25, 0.3) is 0 Å². The van der Waals surface area contributed by atoms with Crippen molar-refractivity contribution < 1.29 is 13.6 Å². The van der Waals surface area contributed by atoms with Gasteiger partial charge in [-0.05, 0) is 61.7 Å². The number of hydrogen-bond donors (Lipinski definition) is 0. The molecule has 1 heterocycles. The second kappa shape index (κ2) is 6.94. The Morgan fingerprint density at radius 2 is 2.05 bits per heavy atom. The van der Waals surface area contributed by atoms with E-state index < -0.39 is 11.6 Å². The summed E-state index contributed by atoms with van der Waals surface area (Å²) in [6, 6.07) is 2.17. The lowest BCUT2D eigenvalue weighted by atomic mass is 10.0. The van der Waals surface area contributed by atoms with Crippen LogP contribution >= 0.6 is 15.9 Å².